The minimum absolute atomic E-state index is 0.197. The highest BCUT2D eigenvalue weighted by molar-refractivity contribution is 7.09. The lowest BCUT2D eigenvalue weighted by Crippen LogP contribution is -2.13. The number of aryl methyl sites for hydroxylation is 1. The van der Waals surface area contributed by atoms with Crippen LogP contribution in [0, 0.1) is 6.92 Å². The van der Waals surface area contributed by atoms with Crippen molar-refractivity contribution in [2.24, 2.45) is 0 Å². The molecule has 1 heterocycles. The Morgan fingerprint density at radius 3 is 2.79 bits per heavy atom. The SMILES string of the molecule is Cc1ccc(N)cc1NC(=O)c1csc(C(C)C)n1. The monoisotopic (exact) mass is 275 g/mol. The van der Waals surface area contributed by atoms with Crippen molar-refractivity contribution in [1.29, 1.82) is 0 Å². The maximum atomic E-state index is 12.1. The molecule has 0 aliphatic rings. The molecule has 5 heteroatoms. The number of amides is 1. The Kier molecular flexibility index (Phi) is 3.85. The highest BCUT2D eigenvalue weighted by Crippen LogP contribution is 2.22. The molecule has 1 amide bonds. The number of aromatic nitrogens is 1. The number of carbonyl (C=O) groups excluding carboxylic acids is 1. The summed E-state index contributed by atoms with van der Waals surface area (Å²) < 4.78 is 0. The van der Waals surface area contributed by atoms with Gasteiger partial charge < -0.3 is 11.1 Å². The highest BCUT2D eigenvalue weighted by Gasteiger charge is 2.13. The number of nitrogens with two attached hydrogens (primary N) is 1. The van der Waals surface area contributed by atoms with Crippen LogP contribution in [0.1, 0.15) is 40.8 Å². The number of hydrogen-bond donors (Lipinski definition) is 2. The fourth-order valence-electron chi connectivity index (χ4n) is 1.62. The molecule has 0 saturated heterocycles. The summed E-state index contributed by atoms with van der Waals surface area (Å²) in [4.78, 5) is 16.4. The molecular weight excluding hydrogens is 258 g/mol. The first-order valence-corrected chi connectivity index (χ1v) is 6.98. The number of benzene rings is 1. The minimum Gasteiger partial charge on any atom is -0.399 e. The van der Waals surface area contributed by atoms with Crippen molar-refractivity contribution in [3.05, 3.63) is 39.8 Å². The zero-order valence-corrected chi connectivity index (χ0v) is 12.0. The lowest BCUT2D eigenvalue weighted by molar-refractivity contribution is 0.102. The van der Waals surface area contributed by atoms with Crippen molar-refractivity contribution < 1.29 is 4.79 Å². The van der Waals surface area contributed by atoms with E-state index < -0.39 is 0 Å². The summed E-state index contributed by atoms with van der Waals surface area (Å²) in [6, 6.07) is 5.44. The number of hydrogen-bond acceptors (Lipinski definition) is 4. The molecule has 0 spiro atoms. The van der Waals surface area contributed by atoms with Crippen LogP contribution in [0.15, 0.2) is 23.6 Å². The number of thiazole rings is 1. The Hall–Kier alpha value is -1.88. The number of carbonyl (C=O) groups is 1. The second kappa shape index (κ2) is 5.40. The van der Waals surface area contributed by atoms with Crippen LogP contribution < -0.4 is 11.1 Å². The molecule has 0 aliphatic carbocycles. The zero-order valence-electron chi connectivity index (χ0n) is 11.2. The van der Waals surface area contributed by atoms with Crippen molar-refractivity contribution in [1.82, 2.24) is 4.98 Å². The van der Waals surface area contributed by atoms with E-state index in [0.29, 0.717) is 17.3 Å². The first-order valence-electron chi connectivity index (χ1n) is 6.10. The van der Waals surface area contributed by atoms with Gasteiger partial charge in [0, 0.05) is 22.7 Å². The molecule has 0 aliphatic heterocycles. The fourth-order valence-corrected chi connectivity index (χ4v) is 2.43. The van der Waals surface area contributed by atoms with Gasteiger partial charge in [0.25, 0.3) is 5.91 Å². The Bertz CT molecular complexity index is 604. The first-order chi connectivity index (χ1) is 8.97. The van der Waals surface area contributed by atoms with Crippen LogP contribution in [0.2, 0.25) is 0 Å². The fraction of sp³-hybridized carbons (Fsp3) is 0.286. The van der Waals surface area contributed by atoms with E-state index in [9.17, 15) is 4.79 Å². The molecule has 0 bridgehead atoms. The number of anilines is 2. The van der Waals surface area contributed by atoms with Crippen LogP contribution in [-0.2, 0) is 0 Å². The Morgan fingerprint density at radius 2 is 2.16 bits per heavy atom. The highest BCUT2D eigenvalue weighted by atomic mass is 32.1. The molecule has 0 fully saturated rings. The summed E-state index contributed by atoms with van der Waals surface area (Å²) in [6.07, 6.45) is 0. The Balaban J connectivity index is 2.18. The average Bonchev–Trinajstić information content (AvgIpc) is 2.83. The third-order valence-corrected chi connectivity index (χ3v) is 3.90. The van der Waals surface area contributed by atoms with Gasteiger partial charge in [-0.1, -0.05) is 19.9 Å². The quantitative estimate of drug-likeness (QED) is 0.843. The van der Waals surface area contributed by atoms with Crippen molar-refractivity contribution in [3.63, 3.8) is 0 Å². The molecule has 4 nitrogen and oxygen atoms in total. The van der Waals surface area contributed by atoms with Gasteiger partial charge in [0.15, 0.2) is 0 Å². The number of nitrogen functional groups attached to an aromatic ring is 1. The topological polar surface area (TPSA) is 68.0 Å². The van der Waals surface area contributed by atoms with Gasteiger partial charge in [-0.15, -0.1) is 11.3 Å². The van der Waals surface area contributed by atoms with E-state index in [-0.39, 0.29) is 5.91 Å². The van der Waals surface area contributed by atoms with Gasteiger partial charge in [-0.05, 0) is 24.6 Å². The van der Waals surface area contributed by atoms with Gasteiger partial charge in [-0.3, -0.25) is 4.79 Å². The van der Waals surface area contributed by atoms with E-state index >= 15 is 0 Å². The van der Waals surface area contributed by atoms with Crippen LogP contribution in [-0.4, -0.2) is 10.9 Å². The molecule has 0 atom stereocenters. The summed E-state index contributed by atoms with van der Waals surface area (Å²) in [5, 5.41) is 5.60. The molecule has 0 saturated carbocycles. The van der Waals surface area contributed by atoms with E-state index in [0.717, 1.165) is 16.3 Å². The van der Waals surface area contributed by atoms with Crippen molar-refractivity contribution in [2.75, 3.05) is 11.1 Å². The summed E-state index contributed by atoms with van der Waals surface area (Å²) in [6.45, 7) is 6.04. The van der Waals surface area contributed by atoms with E-state index in [1.807, 2.05) is 19.1 Å². The first kappa shape index (κ1) is 13.5. The van der Waals surface area contributed by atoms with E-state index in [2.05, 4.69) is 24.1 Å². The molecule has 1 aromatic carbocycles. The zero-order chi connectivity index (χ0) is 14.0. The number of nitrogens with one attached hydrogen (secondary N) is 1. The van der Waals surface area contributed by atoms with Crippen LogP contribution >= 0.6 is 11.3 Å². The van der Waals surface area contributed by atoms with E-state index in [1.54, 1.807) is 11.4 Å². The predicted octanol–water partition coefficient (Wildman–Crippen LogP) is 3.41. The molecular formula is C14H17N3OS. The second-order valence-corrected chi connectivity index (χ2v) is 5.64. The lowest BCUT2D eigenvalue weighted by atomic mass is 10.2. The normalized spacial score (nSPS) is 10.7. The third-order valence-electron chi connectivity index (χ3n) is 2.76. The maximum Gasteiger partial charge on any atom is 0.275 e. The standard InChI is InChI=1S/C14H17N3OS/c1-8(2)14-17-12(7-19-14)13(18)16-11-6-10(15)5-4-9(11)3/h4-8H,15H2,1-3H3,(H,16,18). The summed E-state index contributed by atoms with van der Waals surface area (Å²) in [7, 11) is 0. The summed E-state index contributed by atoms with van der Waals surface area (Å²) in [5.74, 6) is 0.137. The molecule has 3 N–H and O–H groups in total. The molecule has 0 unspecified atom stereocenters. The Labute approximate surface area is 116 Å². The summed E-state index contributed by atoms with van der Waals surface area (Å²) in [5.41, 5.74) is 8.50. The molecule has 19 heavy (non-hydrogen) atoms. The van der Waals surface area contributed by atoms with E-state index in [4.69, 9.17) is 5.73 Å². The maximum absolute atomic E-state index is 12.1. The Morgan fingerprint density at radius 1 is 1.42 bits per heavy atom. The van der Waals surface area contributed by atoms with Crippen molar-refractivity contribution in [2.45, 2.75) is 26.7 Å². The molecule has 0 radical (unpaired) electrons. The van der Waals surface area contributed by atoms with Crippen LogP contribution in [0.5, 0.6) is 0 Å². The van der Waals surface area contributed by atoms with Gasteiger partial charge in [-0.2, -0.15) is 0 Å². The van der Waals surface area contributed by atoms with Crippen molar-refractivity contribution >= 4 is 28.6 Å². The van der Waals surface area contributed by atoms with Crippen molar-refractivity contribution in [3.8, 4) is 0 Å². The molecule has 2 rings (SSSR count). The predicted molar refractivity (Wildman–Crippen MR) is 79.7 cm³/mol. The van der Waals surface area contributed by atoms with Gasteiger partial charge >= 0.3 is 0 Å². The smallest absolute Gasteiger partial charge is 0.275 e. The van der Waals surface area contributed by atoms with Crippen LogP contribution in [0.25, 0.3) is 0 Å². The van der Waals surface area contributed by atoms with Gasteiger partial charge in [0.05, 0.1) is 5.01 Å². The van der Waals surface area contributed by atoms with Gasteiger partial charge in [0.2, 0.25) is 0 Å². The van der Waals surface area contributed by atoms with Crippen LogP contribution in [0.3, 0.4) is 0 Å². The lowest BCUT2D eigenvalue weighted by Gasteiger charge is -2.07. The third kappa shape index (κ3) is 3.12. The number of nitrogens with zero attached hydrogens (tertiary/aromatic N) is 1. The van der Waals surface area contributed by atoms with Gasteiger partial charge in [-0.25, -0.2) is 4.98 Å². The summed E-state index contributed by atoms with van der Waals surface area (Å²) >= 11 is 1.51. The number of rotatable bonds is 3. The minimum atomic E-state index is -0.197. The largest absolute Gasteiger partial charge is 0.399 e. The van der Waals surface area contributed by atoms with Gasteiger partial charge in [0.1, 0.15) is 5.69 Å². The average molecular weight is 275 g/mol. The molecule has 100 valence electrons. The molecule has 2 aromatic rings. The van der Waals surface area contributed by atoms with E-state index in [1.165, 1.54) is 11.3 Å². The second-order valence-electron chi connectivity index (χ2n) is 4.75. The molecule has 1 aromatic heterocycles. The van der Waals surface area contributed by atoms with Crippen LogP contribution in [0.4, 0.5) is 11.4 Å².